The van der Waals surface area contributed by atoms with E-state index >= 15 is 0 Å². The summed E-state index contributed by atoms with van der Waals surface area (Å²) in [6, 6.07) is 7.39. The minimum atomic E-state index is 0.0250. The van der Waals surface area contributed by atoms with E-state index in [1.54, 1.807) is 0 Å². The van der Waals surface area contributed by atoms with Gasteiger partial charge in [-0.05, 0) is 37.6 Å². The third kappa shape index (κ3) is 4.19. The van der Waals surface area contributed by atoms with Crippen LogP contribution in [0.3, 0.4) is 0 Å². The van der Waals surface area contributed by atoms with Crippen LogP contribution in [0.4, 0.5) is 0 Å². The van der Waals surface area contributed by atoms with Crippen LogP contribution >= 0.6 is 11.6 Å². The average Bonchev–Trinajstić information content (AvgIpc) is 3.12. The maximum absolute atomic E-state index is 12.0. The molecule has 0 saturated carbocycles. The number of amides is 1. The average molecular weight is 363 g/mol. The molecule has 1 aliphatic rings. The summed E-state index contributed by atoms with van der Waals surface area (Å²) in [4.78, 5) is 20.7. The van der Waals surface area contributed by atoms with Crippen molar-refractivity contribution in [1.82, 2.24) is 19.9 Å². The van der Waals surface area contributed by atoms with Gasteiger partial charge in [0.05, 0.1) is 6.04 Å². The highest BCUT2D eigenvalue weighted by Gasteiger charge is 2.27. The van der Waals surface area contributed by atoms with E-state index in [2.05, 4.69) is 22.0 Å². The molecule has 1 aromatic carbocycles. The molecule has 1 fully saturated rings. The first kappa shape index (κ1) is 17.9. The smallest absolute Gasteiger partial charge is 0.244 e. The molecule has 6 nitrogen and oxygen atoms in total. The molecule has 1 aromatic heterocycles. The first-order valence-electron chi connectivity index (χ1n) is 8.70. The number of aromatic nitrogens is 2. The van der Waals surface area contributed by atoms with Crippen LogP contribution in [-0.2, 0) is 4.79 Å². The SMILES string of the molecule is CCCC(=O)N1CCN(C(C)c2nc(-c3ccc(Cl)cc3)no2)CC1. The van der Waals surface area contributed by atoms with Gasteiger partial charge in [-0.1, -0.05) is 23.7 Å². The number of halogens is 1. The van der Waals surface area contributed by atoms with Gasteiger partial charge in [-0.25, -0.2) is 0 Å². The summed E-state index contributed by atoms with van der Waals surface area (Å²) >= 11 is 5.91. The zero-order valence-corrected chi connectivity index (χ0v) is 15.4. The zero-order chi connectivity index (χ0) is 17.8. The van der Waals surface area contributed by atoms with Gasteiger partial charge in [-0.15, -0.1) is 0 Å². The van der Waals surface area contributed by atoms with Gasteiger partial charge in [0.1, 0.15) is 0 Å². The number of carbonyl (C=O) groups is 1. The van der Waals surface area contributed by atoms with Crippen LogP contribution in [0.25, 0.3) is 11.4 Å². The monoisotopic (exact) mass is 362 g/mol. The molecule has 0 bridgehead atoms. The molecule has 1 atom stereocenters. The van der Waals surface area contributed by atoms with E-state index < -0.39 is 0 Å². The Morgan fingerprint density at radius 3 is 2.56 bits per heavy atom. The molecule has 2 heterocycles. The summed E-state index contributed by atoms with van der Waals surface area (Å²) in [6.45, 7) is 7.22. The molecule has 3 rings (SSSR count). The van der Waals surface area contributed by atoms with Gasteiger partial charge >= 0.3 is 0 Å². The normalized spacial score (nSPS) is 16.8. The highest BCUT2D eigenvalue weighted by Crippen LogP contribution is 2.24. The van der Waals surface area contributed by atoms with Gasteiger partial charge in [-0.2, -0.15) is 4.98 Å². The molecule has 25 heavy (non-hydrogen) atoms. The van der Waals surface area contributed by atoms with Crippen LogP contribution in [0.1, 0.15) is 38.6 Å². The van der Waals surface area contributed by atoms with Crippen LogP contribution in [0.2, 0.25) is 5.02 Å². The maximum atomic E-state index is 12.0. The van der Waals surface area contributed by atoms with Gasteiger partial charge in [0, 0.05) is 43.2 Å². The number of carbonyl (C=O) groups excluding carboxylic acids is 1. The predicted octanol–water partition coefficient (Wildman–Crippen LogP) is 3.40. The molecule has 1 aliphatic heterocycles. The first-order valence-corrected chi connectivity index (χ1v) is 9.07. The Kier molecular flexibility index (Phi) is 5.71. The molecular formula is C18H23ClN4O2. The van der Waals surface area contributed by atoms with Crippen molar-refractivity contribution >= 4 is 17.5 Å². The Morgan fingerprint density at radius 2 is 1.92 bits per heavy atom. The summed E-state index contributed by atoms with van der Waals surface area (Å²) in [5.41, 5.74) is 0.876. The molecule has 134 valence electrons. The quantitative estimate of drug-likeness (QED) is 0.815. The number of piperazine rings is 1. The highest BCUT2D eigenvalue weighted by molar-refractivity contribution is 6.30. The lowest BCUT2D eigenvalue weighted by molar-refractivity contribution is -0.133. The highest BCUT2D eigenvalue weighted by atomic mass is 35.5. The van der Waals surface area contributed by atoms with Gasteiger partial charge in [0.15, 0.2) is 0 Å². The lowest BCUT2D eigenvalue weighted by Gasteiger charge is -2.36. The van der Waals surface area contributed by atoms with Crippen molar-refractivity contribution in [2.75, 3.05) is 26.2 Å². The lowest BCUT2D eigenvalue weighted by Crippen LogP contribution is -2.49. The van der Waals surface area contributed by atoms with Crippen LogP contribution in [0, 0.1) is 0 Å². The Balaban J connectivity index is 1.62. The van der Waals surface area contributed by atoms with E-state index in [0.717, 1.165) is 38.2 Å². The molecule has 1 amide bonds. The molecule has 0 N–H and O–H groups in total. The Labute approximate surface area is 152 Å². The minimum Gasteiger partial charge on any atom is -0.340 e. The topological polar surface area (TPSA) is 62.5 Å². The summed E-state index contributed by atoms with van der Waals surface area (Å²) < 4.78 is 5.46. The fraction of sp³-hybridized carbons (Fsp3) is 0.500. The minimum absolute atomic E-state index is 0.0250. The van der Waals surface area contributed by atoms with Crippen molar-refractivity contribution in [2.45, 2.75) is 32.7 Å². The van der Waals surface area contributed by atoms with Crippen molar-refractivity contribution in [3.05, 3.63) is 35.2 Å². The van der Waals surface area contributed by atoms with Crippen molar-refractivity contribution < 1.29 is 9.32 Å². The largest absolute Gasteiger partial charge is 0.340 e. The molecule has 1 unspecified atom stereocenters. The van der Waals surface area contributed by atoms with Gasteiger partial charge in [-0.3, -0.25) is 9.69 Å². The van der Waals surface area contributed by atoms with Crippen LogP contribution in [0.15, 0.2) is 28.8 Å². The second-order valence-electron chi connectivity index (χ2n) is 6.31. The van der Waals surface area contributed by atoms with Crippen molar-refractivity contribution in [3.8, 4) is 11.4 Å². The number of hydrogen-bond donors (Lipinski definition) is 0. The third-order valence-corrected chi connectivity index (χ3v) is 4.83. The molecule has 7 heteroatoms. The number of nitrogens with zero attached hydrogens (tertiary/aromatic N) is 4. The fourth-order valence-corrected chi connectivity index (χ4v) is 3.13. The van der Waals surface area contributed by atoms with Crippen molar-refractivity contribution in [1.29, 1.82) is 0 Å². The third-order valence-electron chi connectivity index (χ3n) is 4.58. The van der Waals surface area contributed by atoms with Gasteiger partial charge < -0.3 is 9.42 Å². The summed E-state index contributed by atoms with van der Waals surface area (Å²) in [5, 5.41) is 4.76. The molecule has 0 aliphatic carbocycles. The number of benzene rings is 1. The summed E-state index contributed by atoms with van der Waals surface area (Å²) in [6.07, 6.45) is 1.52. The number of hydrogen-bond acceptors (Lipinski definition) is 5. The molecule has 2 aromatic rings. The van der Waals surface area contributed by atoms with Gasteiger partial charge in [0.2, 0.25) is 17.6 Å². The van der Waals surface area contributed by atoms with Crippen molar-refractivity contribution in [2.24, 2.45) is 0 Å². The van der Waals surface area contributed by atoms with Crippen LogP contribution in [0.5, 0.6) is 0 Å². The Bertz CT molecular complexity index is 708. The van der Waals surface area contributed by atoms with E-state index in [1.165, 1.54) is 0 Å². The summed E-state index contributed by atoms with van der Waals surface area (Å²) in [7, 11) is 0. The number of rotatable bonds is 5. The zero-order valence-electron chi connectivity index (χ0n) is 14.6. The molecule has 0 radical (unpaired) electrons. The Hall–Kier alpha value is -1.92. The lowest BCUT2D eigenvalue weighted by atomic mass is 10.2. The van der Waals surface area contributed by atoms with E-state index in [1.807, 2.05) is 36.1 Å². The second kappa shape index (κ2) is 7.97. The van der Waals surface area contributed by atoms with E-state index in [9.17, 15) is 4.79 Å². The van der Waals surface area contributed by atoms with Gasteiger partial charge in [0.25, 0.3) is 0 Å². The van der Waals surface area contributed by atoms with E-state index in [0.29, 0.717) is 23.2 Å². The molecular weight excluding hydrogens is 340 g/mol. The predicted molar refractivity (Wildman–Crippen MR) is 96.2 cm³/mol. The van der Waals surface area contributed by atoms with Crippen LogP contribution in [-0.4, -0.2) is 52.0 Å². The maximum Gasteiger partial charge on any atom is 0.244 e. The standard InChI is InChI=1S/C18H23ClN4O2/c1-3-4-16(24)23-11-9-22(10-12-23)13(2)18-20-17(21-25-18)14-5-7-15(19)8-6-14/h5-8,13H,3-4,9-12H2,1-2H3. The van der Waals surface area contributed by atoms with Crippen LogP contribution < -0.4 is 0 Å². The molecule has 0 spiro atoms. The summed E-state index contributed by atoms with van der Waals surface area (Å²) in [5.74, 6) is 1.41. The fourth-order valence-electron chi connectivity index (χ4n) is 3.01. The van der Waals surface area contributed by atoms with E-state index in [-0.39, 0.29) is 11.9 Å². The molecule has 1 saturated heterocycles. The second-order valence-corrected chi connectivity index (χ2v) is 6.74. The first-order chi connectivity index (χ1) is 12.1. The van der Waals surface area contributed by atoms with Crippen molar-refractivity contribution in [3.63, 3.8) is 0 Å². The Morgan fingerprint density at radius 1 is 1.24 bits per heavy atom. The van der Waals surface area contributed by atoms with E-state index in [4.69, 9.17) is 16.1 Å².